The summed E-state index contributed by atoms with van der Waals surface area (Å²) in [4.78, 5) is 14.0. The third-order valence-electron chi connectivity index (χ3n) is 4.70. The summed E-state index contributed by atoms with van der Waals surface area (Å²) in [6.07, 6.45) is 3.16. The maximum absolute atomic E-state index is 12.4. The number of rotatable bonds is 4. The molecule has 0 spiro atoms. The van der Waals surface area contributed by atoms with E-state index in [0.717, 1.165) is 31.5 Å². The summed E-state index contributed by atoms with van der Waals surface area (Å²) in [6, 6.07) is 17.7. The summed E-state index contributed by atoms with van der Waals surface area (Å²) in [7, 11) is 1.76. The van der Waals surface area contributed by atoms with Crippen LogP contribution in [0.4, 0.5) is 10.5 Å². The largest absolute Gasteiger partial charge is 0.322 e. The fourth-order valence-corrected chi connectivity index (χ4v) is 3.31. The van der Waals surface area contributed by atoms with E-state index in [9.17, 15) is 4.79 Å². The first kappa shape index (κ1) is 17.8. The molecule has 2 amide bonds. The van der Waals surface area contributed by atoms with Crippen LogP contribution in [0.1, 0.15) is 18.4 Å². The van der Waals surface area contributed by atoms with Gasteiger partial charge in [0.2, 0.25) is 0 Å². The Kier molecular flexibility index (Phi) is 5.95. The Morgan fingerprint density at radius 1 is 1.16 bits per heavy atom. The molecule has 5 heteroatoms. The molecule has 1 aliphatic rings. The van der Waals surface area contributed by atoms with Crippen molar-refractivity contribution in [1.29, 1.82) is 0 Å². The second-order valence-electron chi connectivity index (χ2n) is 6.58. The average molecular weight is 358 g/mol. The topological polar surface area (TPSA) is 44.4 Å². The molecule has 3 rings (SSSR count). The number of amides is 2. The van der Waals surface area contributed by atoms with Gasteiger partial charge in [0, 0.05) is 24.3 Å². The Hall–Kier alpha value is -2.04. The lowest BCUT2D eigenvalue weighted by Gasteiger charge is -2.31. The van der Waals surface area contributed by atoms with Crippen LogP contribution in [-0.2, 0) is 6.42 Å². The van der Waals surface area contributed by atoms with Gasteiger partial charge in [-0.15, -0.1) is 0 Å². The van der Waals surface area contributed by atoms with Crippen LogP contribution < -0.4 is 15.5 Å². The fraction of sp³-hybridized carbons (Fsp3) is 0.350. The molecule has 1 fully saturated rings. The quantitative estimate of drug-likeness (QED) is 0.866. The number of carbonyl (C=O) groups excluding carboxylic acids is 1. The van der Waals surface area contributed by atoms with E-state index in [4.69, 9.17) is 11.6 Å². The van der Waals surface area contributed by atoms with Crippen LogP contribution in [0.5, 0.6) is 0 Å². The average Bonchev–Trinajstić information content (AvgIpc) is 2.64. The molecule has 132 valence electrons. The molecular weight excluding hydrogens is 334 g/mol. The van der Waals surface area contributed by atoms with Crippen LogP contribution in [-0.4, -0.2) is 25.8 Å². The number of piperidine rings is 1. The van der Waals surface area contributed by atoms with Crippen molar-refractivity contribution in [3.8, 4) is 0 Å². The standard InChI is InChI=1S/C20H24ClN3O/c1-24(18-10-8-17(21)9-11-18)20(25)23-19-12-7-16(14-22-19)13-15-5-3-2-4-6-15/h2-6,8-11,16,19,22H,7,12-14H2,1H3,(H,23,25)/t16-,19+/m1/s1. The third kappa shape index (κ3) is 4.97. The van der Waals surface area contributed by atoms with Gasteiger partial charge in [-0.25, -0.2) is 4.79 Å². The number of halogens is 1. The Balaban J connectivity index is 1.46. The van der Waals surface area contributed by atoms with Gasteiger partial charge < -0.3 is 5.32 Å². The van der Waals surface area contributed by atoms with Crippen LogP contribution >= 0.6 is 11.6 Å². The summed E-state index contributed by atoms with van der Waals surface area (Å²) in [6.45, 7) is 0.921. The number of anilines is 1. The Bertz CT molecular complexity index is 682. The molecular formula is C20H24ClN3O. The van der Waals surface area contributed by atoms with Gasteiger partial charge >= 0.3 is 6.03 Å². The zero-order valence-electron chi connectivity index (χ0n) is 14.4. The van der Waals surface area contributed by atoms with E-state index in [2.05, 4.69) is 34.9 Å². The molecule has 1 aliphatic heterocycles. The second kappa shape index (κ2) is 8.37. The normalized spacial score (nSPS) is 20.1. The van der Waals surface area contributed by atoms with Gasteiger partial charge in [-0.2, -0.15) is 0 Å². The minimum absolute atomic E-state index is 0.0225. The van der Waals surface area contributed by atoms with Crippen LogP contribution in [0.25, 0.3) is 0 Å². The molecule has 4 nitrogen and oxygen atoms in total. The monoisotopic (exact) mass is 357 g/mol. The van der Waals surface area contributed by atoms with E-state index >= 15 is 0 Å². The molecule has 0 saturated carbocycles. The summed E-state index contributed by atoms with van der Waals surface area (Å²) in [5.74, 6) is 0.615. The molecule has 2 aromatic rings. The van der Waals surface area contributed by atoms with E-state index in [-0.39, 0.29) is 12.2 Å². The second-order valence-corrected chi connectivity index (χ2v) is 7.02. The number of hydrogen-bond acceptors (Lipinski definition) is 2. The van der Waals surface area contributed by atoms with Crippen molar-refractivity contribution < 1.29 is 4.79 Å². The Labute approximate surface area is 154 Å². The number of carbonyl (C=O) groups is 1. The van der Waals surface area contributed by atoms with Crippen LogP contribution in [0.15, 0.2) is 54.6 Å². The van der Waals surface area contributed by atoms with Gasteiger partial charge in [-0.3, -0.25) is 10.2 Å². The highest BCUT2D eigenvalue weighted by atomic mass is 35.5. The highest BCUT2D eigenvalue weighted by molar-refractivity contribution is 6.30. The summed E-state index contributed by atoms with van der Waals surface area (Å²) < 4.78 is 0. The smallest absolute Gasteiger partial charge is 0.322 e. The van der Waals surface area contributed by atoms with Crippen molar-refractivity contribution in [2.45, 2.75) is 25.4 Å². The minimum atomic E-state index is -0.110. The maximum Gasteiger partial charge on any atom is 0.322 e. The lowest BCUT2D eigenvalue weighted by Crippen LogP contribution is -2.53. The van der Waals surface area contributed by atoms with E-state index in [1.807, 2.05) is 18.2 Å². The molecule has 2 N–H and O–H groups in total. The minimum Gasteiger partial charge on any atom is -0.322 e. The lowest BCUT2D eigenvalue weighted by molar-refractivity contribution is 0.228. The molecule has 1 saturated heterocycles. The highest BCUT2D eigenvalue weighted by Gasteiger charge is 2.23. The highest BCUT2D eigenvalue weighted by Crippen LogP contribution is 2.20. The van der Waals surface area contributed by atoms with Crippen LogP contribution in [0.3, 0.4) is 0 Å². The van der Waals surface area contributed by atoms with Gasteiger partial charge in [-0.05, 0) is 55.0 Å². The first-order valence-corrected chi connectivity index (χ1v) is 9.06. The molecule has 1 heterocycles. The zero-order valence-corrected chi connectivity index (χ0v) is 15.2. The number of benzene rings is 2. The van der Waals surface area contributed by atoms with Crippen molar-refractivity contribution in [2.75, 3.05) is 18.5 Å². The predicted molar refractivity (Wildman–Crippen MR) is 103 cm³/mol. The fourth-order valence-electron chi connectivity index (χ4n) is 3.19. The van der Waals surface area contributed by atoms with Crippen molar-refractivity contribution in [1.82, 2.24) is 10.6 Å². The number of hydrogen-bond donors (Lipinski definition) is 2. The number of nitrogens with zero attached hydrogens (tertiary/aromatic N) is 1. The van der Waals surface area contributed by atoms with Crippen LogP contribution in [0, 0.1) is 5.92 Å². The van der Waals surface area contributed by atoms with Gasteiger partial charge in [0.15, 0.2) is 0 Å². The van der Waals surface area contributed by atoms with E-state index in [1.165, 1.54) is 5.56 Å². The molecule has 25 heavy (non-hydrogen) atoms. The maximum atomic E-state index is 12.4. The third-order valence-corrected chi connectivity index (χ3v) is 4.95. The molecule has 0 aromatic heterocycles. The SMILES string of the molecule is CN(C(=O)N[C@H]1CC[C@H](Cc2ccccc2)CN1)c1ccc(Cl)cc1. The molecule has 0 bridgehead atoms. The van der Waals surface area contributed by atoms with Crippen molar-refractivity contribution in [3.63, 3.8) is 0 Å². The van der Waals surface area contributed by atoms with E-state index in [0.29, 0.717) is 10.9 Å². The molecule has 0 unspecified atom stereocenters. The van der Waals surface area contributed by atoms with E-state index in [1.54, 1.807) is 24.1 Å². The first-order chi connectivity index (χ1) is 12.1. The van der Waals surface area contributed by atoms with Gasteiger partial charge in [0.1, 0.15) is 0 Å². The summed E-state index contributed by atoms with van der Waals surface area (Å²) >= 11 is 5.89. The van der Waals surface area contributed by atoms with Gasteiger partial charge in [0.05, 0.1) is 6.17 Å². The predicted octanol–water partition coefficient (Wildman–Crippen LogP) is 4.05. The first-order valence-electron chi connectivity index (χ1n) is 8.69. The molecule has 2 aromatic carbocycles. The summed E-state index contributed by atoms with van der Waals surface area (Å²) in [5.41, 5.74) is 2.19. The lowest BCUT2D eigenvalue weighted by atomic mass is 9.91. The molecule has 2 atom stereocenters. The summed E-state index contributed by atoms with van der Waals surface area (Å²) in [5, 5.41) is 7.18. The number of nitrogens with one attached hydrogen (secondary N) is 2. The van der Waals surface area contributed by atoms with Gasteiger partial charge in [-0.1, -0.05) is 41.9 Å². The number of urea groups is 1. The molecule has 0 aliphatic carbocycles. The van der Waals surface area contributed by atoms with Crippen molar-refractivity contribution in [3.05, 3.63) is 65.2 Å². The van der Waals surface area contributed by atoms with Gasteiger partial charge in [0.25, 0.3) is 0 Å². The Morgan fingerprint density at radius 3 is 2.52 bits per heavy atom. The molecule has 0 radical (unpaired) electrons. The van der Waals surface area contributed by atoms with Crippen LogP contribution in [0.2, 0.25) is 5.02 Å². The van der Waals surface area contributed by atoms with Crippen molar-refractivity contribution >= 4 is 23.3 Å². The zero-order chi connectivity index (χ0) is 17.6. The Morgan fingerprint density at radius 2 is 1.88 bits per heavy atom. The van der Waals surface area contributed by atoms with E-state index < -0.39 is 0 Å². The van der Waals surface area contributed by atoms with Crippen molar-refractivity contribution in [2.24, 2.45) is 5.92 Å².